The van der Waals surface area contributed by atoms with E-state index in [9.17, 15) is 9.59 Å². The van der Waals surface area contributed by atoms with Gasteiger partial charge in [-0.1, -0.05) is 0 Å². The SMILES string of the molecule is CC1CNCCN1CC(=O)NC(=O)NC(C)(C)C. The molecule has 1 saturated heterocycles. The summed E-state index contributed by atoms with van der Waals surface area (Å²) in [5.41, 5.74) is -0.341. The van der Waals surface area contributed by atoms with Crippen LogP contribution in [-0.2, 0) is 4.79 Å². The Bertz CT molecular complexity index is 312. The lowest BCUT2D eigenvalue weighted by atomic mass is 10.1. The fourth-order valence-corrected chi connectivity index (χ4v) is 1.84. The van der Waals surface area contributed by atoms with E-state index in [1.165, 1.54) is 0 Å². The van der Waals surface area contributed by atoms with Gasteiger partial charge in [-0.3, -0.25) is 15.0 Å². The molecule has 1 aliphatic heterocycles. The van der Waals surface area contributed by atoms with Crippen LogP contribution in [0.5, 0.6) is 0 Å². The fraction of sp³-hybridized carbons (Fsp3) is 0.833. The molecular weight excluding hydrogens is 232 g/mol. The average Bonchev–Trinajstić information content (AvgIpc) is 2.18. The standard InChI is InChI=1S/C12H24N4O2/c1-9-7-13-5-6-16(9)8-10(17)14-11(18)15-12(2,3)4/h9,13H,5-8H2,1-4H3,(H2,14,15,17,18). The van der Waals surface area contributed by atoms with Crippen LogP contribution < -0.4 is 16.0 Å². The first-order valence-electron chi connectivity index (χ1n) is 6.35. The van der Waals surface area contributed by atoms with E-state index >= 15 is 0 Å². The Morgan fingerprint density at radius 2 is 2.06 bits per heavy atom. The van der Waals surface area contributed by atoms with Crippen molar-refractivity contribution in [2.24, 2.45) is 0 Å². The lowest BCUT2D eigenvalue weighted by Gasteiger charge is -2.33. The third-order valence-electron chi connectivity index (χ3n) is 2.73. The van der Waals surface area contributed by atoms with Gasteiger partial charge in [-0.15, -0.1) is 0 Å². The van der Waals surface area contributed by atoms with Crippen molar-refractivity contribution >= 4 is 11.9 Å². The van der Waals surface area contributed by atoms with Gasteiger partial charge >= 0.3 is 6.03 Å². The Hall–Kier alpha value is -1.14. The van der Waals surface area contributed by atoms with Gasteiger partial charge in [0.05, 0.1) is 6.54 Å². The van der Waals surface area contributed by atoms with E-state index in [4.69, 9.17) is 0 Å². The molecule has 0 aromatic heterocycles. The van der Waals surface area contributed by atoms with Crippen molar-refractivity contribution in [3.8, 4) is 0 Å². The first-order valence-corrected chi connectivity index (χ1v) is 6.35. The third kappa shape index (κ3) is 5.46. The summed E-state index contributed by atoms with van der Waals surface area (Å²) >= 11 is 0. The van der Waals surface area contributed by atoms with Crippen molar-refractivity contribution in [1.29, 1.82) is 0 Å². The number of hydrogen-bond acceptors (Lipinski definition) is 4. The molecule has 1 fully saturated rings. The Balaban J connectivity index is 2.34. The van der Waals surface area contributed by atoms with Crippen LogP contribution in [0.1, 0.15) is 27.7 Å². The first-order chi connectivity index (χ1) is 8.28. The molecule has 18 heavy (non-hydrogen) atoms. The van der Waals surface area contributed by atoms with E-state index in [0.29, 0.717) is 6.04 Å². The molecule has 0 aromatic carbocycles. The fourth-order valence-electron chi connectivity index (χ4n) is 1.84. The van der Waals surface area contributed by atoms with Crippen LogP contribution in [0.3, 0.4) is 0 Å². The lowest BCUT2D eigenvalue weighted by molar-refractivity contribution is -0.121. The zero-order chi connectivity index (χ0) is 13.8. The first kappa shape index (κ1) is 14.9. The molecule has 3 amide bonds. The van der Waals surface area contributed by atoms with Gasteiger partial charge in [-0.25, -0.2) is 4.79 Å². The zero-order valence-electron chi connectivity index (χ0n) is 11.7. The second-order valence-electron chi connectivity index (χ2n) is 5.78. The average molecular weight is 256 g/mol. The predicted octanol–water partition coefficient (Wildman–Crippen LogP) is -0.0956. The van der Waals surface area contributed by atoms with Crippen molar-refractivity contribution < 1.29 is 9.59 Å². The lowest BCUT2D eigenvalue weighted by Crippen LogP contribution is -2.55. The Kier molecular flexibility index (Phi) is 5.10. The molecule has 6 nitrogen and oxygen atoms in total. The molecule has 1 rings (SSSR count). The molecule has 104 valence electrons. The Morgan fingerprint density at radius 1 is 1.39 bits per heavy atom. The summed E-state index contributed by atoms with van der Waals surface area (Å²) in [6.07, 6.45) is 0. The van der Waals surface area contributed by atoms with E-state index in [0.717, 1.165) is 19.6 Å². The van der Waals surface area contributed by atoms with Crippen LogP contribution in [0.25, 0.3) is 0 Å². The molecule has 0 radical (unpaired) electrons. The van der Waals surface area contributed by atoms with Crippen LogP contribution >= 0.6 is 0 Å². The number of nitrogens with zero attached hydrogens (tertiary/aromatic N) is 1. The van der Waals surface area contributed by atoms with Crippen LogP contribution in [0.4, 0.5) is 4.79 Å². The summed E-state index contributed by atoms with van der Waals surface area (Å²) in [5.74, 6) is -0.259. The molecule has 3 N–H and O–H groups in total. The minimum Gasteiger partial charge on any atom is -0.333 e. The smallest absolute Gasteiger partial charge is 0.321 e. The molecule has 6 heteroatoms. The second kappa shape index (κ2) is 6.15. The van der Waals surface area contributed by atoms with Crippen molar-refractivity contribution in [3.05, 3.63) is 0 Å². The van der Waals surface area contributed by atoms with E-state index in [2.05, 4.69) is 27.8 Å². The molecule has 1 unspecified atom stereocenters. The van der Waals surface area contributed by atoms with Crippen molar-refractivity contribution in [3.63, 3.8) is 0 Å². The maximum Gasteiger partial charge on any atom is 0.321 e. The van der Waals surface area contributed by atoms with Gasteiger partial charge in [-0.05, 0) is 27.7 Å². The van der Waals surface area contributed by atoms with Gasteiger partial charge < -0.3 is 10.6 Å². The summed E-state index contributed by atoms with van der Waals surface area (Å²) < 4.78 is 0. The van der Waals surface area contributed by atoms with Crippen molar-refractivity contribution in [2.45, 2.75) is 39.3 Å². The van der Waals surface area contributed by atoms with Crippen molar-refractivity contribution in [1.82, 2.24) is 20.9 Å². The number of urea groups is 1. The van der Waals surface area contributed by atoms with Gasteiger partial charge in [0, 0.05) is 31.2 Å². The number of piperazine rings is 1. The van der Waals surface area contributed by atoms with E-state index in [1.807, 2.05) is 20.8 Å². The highest BCUT2D eigenvalue weighted by Crippen LogP contribution is 2.01. The van der Waals surface area contributed by atoms with Gasteiger partial charge in [0.1, 0.15) is 0 Å². The molecule has 0 saturated carbocycles. The second-order valence-corrected chi connectivity index (χ2v) is 5.78. The minimum absolute atomic E-state index is 0.259. The number of rotatable bonds is 2. The molecule has 1 heterocycles. The highest BCUT2D eigenvalue weighted by molar-refractivity contribution is 5.95. The molecule has 1 atom stereocenters. The number of imide groups is 1. The Morgan fingerprint density at radius 3 is 2.61 bits per heavy atom. The maximum absolute atomic E-state index is 11.7. The third-order valence-corrected chi connectivity index (χ3v) is 2.73. The summed E-state index contributed by atoms with van der Waals surface area (Å²) in [6.45, 7) is 10.5. The van der Waals surface area contributed by atoms with E-state index in [-0.39, 0.29) is 18.0 Å². The molecule has 1 aliphatic rings. The quantitative estimate of drug-likeness (QED) is 0.645. The summed E-state index contributed by atoms with van der Waals surface area (Å²) in [7, 11) is 0. The minimum atomic E-state index is -0.435. The number of nitrogens with one attached hydrogen (secondary N) is 3. The number of hydrogen-bond donors (Lipinski definition) is 3. The van der Waals surface area contributed by atoms with Crippen LogP contribution in [0, 0.1) is 0 Å². The monoisotopic (exact) mass is 256 g/mol. The van der Waals surface area contributed by atoms with Crippen molar-refractivity contribution in [2.75, 3.05) is 26.2 Å². The Labute approximate surface area is 108 Å². The van der Waals surface area contributed by atoms with Crippen LogP contribution in [0.15, 0.2) is 0 Å². The maximum atomic E-state index is 11.7. The van der Waals surface area contributed by atoms with E-state index in [1.54, 1.807) is 0 Å². The highest BCUT2D eigenvalue weighted by Gasteiger charge is 2.22. The summed E-state index contributed by atoms with van der Waals surface area (Å²) in [5, 5.41) is 8.31. The highest BCUT2D eigenvalue weighted by atomic mass is 16.2. The molecular formula is C12H24N4O2. The van der Waals surface area contributed by atoms with Crippen LogP contribution in [0.2, 0.25) is 0 Å². The molecule has 0 spiro atoms. The van der Waals surface area contributed by atoms with Gasteiger partial charge in [0.15, 0.2) is 0 Å². The summed E-state index contributed by atoms with van der Waals surface area (Å²) in [6, 6.07) is -0.120. The molecule has 0 aromatic rings. The van der Waals surface area contributed by atoms with Crippen LogP contribution in [-0.4, -0.2) is 54.6 Å². The molecule has 0 bridgehead atoms. The normalized spacial score (nSPS) is 21.4. The topological polar surface area (TPSA) is 73.5 Å². The summed E-state index contributed by atoms with van der Waals surface area (Å²) in [4.78, 5) is 25.3. The molecule has 0 aliphatic carbocycles. The predicted molar refractivity (Wildman–Crippen MR) is 70.3 cm³/mol. The van der Waals surface area contributed by atoms with Gasteiger partial charge in [-0.2, -0.15) is 0 Å². The number of amides is 3. The van der Waals surface area contributed by atoms with E-state index < -0.39 is 6.03 Å². The number of carbonyl (C=O) groups is 2. The largest absolute Gasteiger partial charge is 0.333 e. The van der Waals surface area contributed by atoms with Gasteiger partial charge in [0.25, 0.3) is 0 Å². The number of carbonyl (C=O) groups excluding carboxylic acids is 2. The van der Waals surface area contributed by atoms with Gasteiger partial charge in [0.2, 0.25) is 5.91 Å². The zero-order valence-corrected chi connectivity index (χ0v) is 11.7.